The molecule has 0 aromatic heterocycles. The Morgan fingerprint density at radius 3 is 0.438 bits per heavy atom. The van der Waals surface area contributed by atoms with Gasteiger partial charge < -0.3 is 59.1 Å². The molecule has 0 aliphatic carbocycles. The Kier molecular flexibility index (Phi) is 145. The molecule has 0 saturated carbocycles. The van der Waals surface area contributed by atoms with Gasteiger partial charge in [-0.3, -0.25) is 0 Å². The first-order valence-corrected chi connectivity index (χ1v) is 8.91. The molecule has 12 nitrogen and oxygen atoms in total. The largest absolute Gasteiger partial charge is 5.00 e. The van der Waals surface area contributed by atoms with Gasteiger partial charge in [0.15, 0.2) is 0 Å². The molecule has 0 N–H and O–H groups in total. The van der Waals surface area contributed by atoms with Crippen LogP contribution in [0, 0.1) is 0 Å². The number of methoxy groups -OCH3 is 6. The van der Waals surface area contributed by atoms with Crippen molar-refractivity contribution in [2.45, 2.75) is 0 Å². The normalized spacial score (nSPS) is 7.88. The molecule has 0 rings (SSSR count). The molecule has 0 aliphatic heterocycles. The van der Waals surface area contributed by atoms with E-state index in [1.54, 1.807) is 0 Å². The van der Waals surface area contributed by atoms with E-state index >= 15 is 0 Å². The Morgan fingerprint density at radius 1 is 0.344 bits per heavy atom. The Bertz CT molecular complexity index is 134. The van der Waals surface area contributed by atoms with E-state index < -0.39 is 0 Å². The molecule has 32 heavy (non-hydrogen) atoms. The predicted molar refractivity (Wildman–Crippen MR) is 100 cm³/mol. The van der Waals surface area contributed by atoms with Gasteiger partial charge in [0.2, 0.25) is 0 Å². The van der Waals surface area contributed by atoms with Crippen molar-refractivity contribution < 1.29 is 133 Å². The quantitative estimate of drug-likeness (QED) is 0.198. The second-order valence-electron chi connectivity index (χ2n) is 4.18. The van der Waals surface area contributed by atoms with E-state index in [1.807, 2.05) is 0 Å². The van der Waals surface area contributed by atoms with E-state index in [1.165, 1.54) is 42.7 Å². The van der Waals surface area contributed by atoms with Crippen LogP contribution in [0.4, 0.5) is 0 Å². The summed E-state index contributed by atoms with van der Waals surface area (Å²) in [4.78, 5) is 0. The molecule has 0 atom stereocenters. The van der Waals surface area contributed by atoms with Gasteiger partial charge in [-0.25, -0.2) is 0 Å². The molecule has 14 heteroatoms. The summed E-state index contributed by atoms with van der Waals surface area (Å²) in [6.45, 7) is 1.23. The minimum absolute atomic E-state index is 0. The summed E-state index contributed by atoms with van der Waals surface area (Å²) in [5.41, 5.74) is 0. The van der Waals surface area contributed by atoms with Crippen LogP contribution in [-0.2, 0) is 50.8 Å². The number of hydrogen-bond donors (Lipinski definition) is 0. The van der Waals surface area contributed by atoms with Crippen LogP contribution >= 0.6 is 0 Å². The van der Waals surface area contributed by atoms with Crippen LogP contribution in [0.3, 0.4) is 0 Å². The molecule has 0 unspecified atom stereocenters. The first-order valence-electron chi connectivity index (χ1n) is 8.91. The number of hydrogen-bond acceptors (Lipinski definition) is 12. The SMILES string of the molecule is COCC[O-].COCC[O-].COCC[O-].COCC[O-].COCC[O-].COCC[O-].[K+].[Nb+5]. The summed E-state index contributed by atoms with van der Waals surface area (Å²) >= 11 is 0. The van der Waals surface area contributed by atoms with Crippen LogP contribution in [0.1, 0.15) is 0 Å². The molecule has 0 bridgehead atoms. The van der Waals surface area contributed by atoms with Crippen LogP contribution in [-0.4, -0.2) is 122 Å². The fraction of sp³-hybridized carbons (Fsp3) is 1.00. The zero-order chi connectivity index (χ0) is 24.7. The third-order valence-electron chi connectivity index (χ3n) is 1.72. The molecule has 0 amide bonds. The van der Waals surface area contributed by atoms with Gasteiger partial charge in [0, 0.05) is 82.3 Å². The first-order chi connectivity index (χ1) is 14.5. The van der Waals surface area contributed by atoms with Gasteiger partial charge >= 0.3 is 73.8 Å². The van der Waals surface area contributed by atoms with Gasteiger partial charge in [0.25, 0.3) is 0 Å². The molecule has 0 spiro atoms. The molecule has 0 saturated heterocycles. The average Bonchev–Trinajstić information content (AvgIpc) is 2.74. The van der Waals surface area contributed by atoms with Crippen molar-refractivity contribution in [1.82, 2.24) is 0 Å². The summed E-state index contributed by atoms with van der Waals surface area (Å²) in [7, 11) is 9.07. The average molecular weight is 583 g/mol. The second-order valence-corrected chi connectivity index (χ2v) is 4.18. The van der Waals surface area contributed by atoms with E-state index in [2.05, 4.69) is 28.4 Å². The van der Waals surface area contributed by atoms with E-state index in [9.17, 15) is 30.6 Å². The van der Waals surface area contributed by atoms with Crippen molar-refractivity contribution in [3.05, 3.63) is 0 Å². The minimum atomic E-state index is -0.128. The Hall–Kier alpha value is 1.90. The zero-order valence-corrected chi connectivity index (χ0v) is 26.2. The number of ether oxygens (including phenoxy) is 6. The fourth-order valence-corrected chi connectivity index (χ4v) is 0.500. The van der Waals surface area contributed by atoms with E-state index in [0.717, 1.165) is 0 Å². The molecule has 0 aromatic carbocycles. The predicted octanol–water partition coefficient (Wildman–Crippen LogP) is -9.04. The van der Waals surface area contributed by atoms with Crippen LogP contribution in [0.25, 0.3) is 0 Å². The van der Waals surface area contributed by atoms with Gasteiger partial charge in [-0.2, -0.15) is 0 Å². The molecule has 0 radical (unpaired) electrons. The first kappa shape index (κ1) is 54.7. The molecular formula is C18H42KNbO12. The van der Waals surface area contributed by atoms with Crippen molar-refractivity contribution >= 4 is 0 Å². The van der Waals surface area contributed by atoms with Gasteiger partial charge in [-0.05, 0) is 0 Å². The maximum Gasteiger partial charge on any atom is 5.00 e. The van der Waals surface area contributed by atoms with Gasteiger partial charge in [0.05, 0.1) is 0 Å². The van der Waals surface area contributed by atoms with E-state index in [4.69, 9.17) is 0 Å². The Balaban J connectivity index is -0.0000000356. The van der Waals surface area contributed by atoms with E-state index in [-0.39, 0.29) is 113 Å². The van der Waals surface area contributed by atoms with E-state index in [0.29, 0.717) is 39.6 Å². The summed E-state index contributed by atoms with van der Waals surface area (Å²) < 4.78 is 26.3. The summed E-state index contributed by atoms with van der Waals surface area (Å²) in [6.07, 6.45) is 0. The van der Waals surface area contributed by atoms with Gasteiger partial charge in [-0.15, -0.1) is 39.6 Å². The van der Waals surface area contributed by atoms with Gasteiger partial charge in [0.1, 0.15) is 0 Å². The van der Waals surface area contributed by atoms with Crippen LogP contribution in [0.2, 0.25) is 0 Å². The zero-order valence-electron chi connectivity index (χ0n) is 20.8. The smallest absolute Gasteiger partial charge is 0.853 e. The minimum Gasteiger partial charge on any atom is -0.853 e. The third kappa shape index (κ3) is 158. The Labute approximate surface area is 252 Å². The molecule has 0 aliphatic rings. The van der Waals surface area contributed by atoms with Gasteiger partial charge in [-0.1, -0.05) is 0 Å². The topological polar surface area (TPSA) is 194 Å². The van der Waals surface area contributed by atoms with Crippen molar-refractivity contribution in [3.63, 3.8) is 0 Å². The maximum atomic E-state index is 9.40. The van der Waals surface area contributed by atoms with Crippen molar-refractivity contribution in [2.24, 2.45) is 0 Å². The van der Waals surface area contributed by atoms with Crippen molar-refractivity contribution in [1.29, 1.82) is 0 Å². The molecule has 0 fully saturated rings. The van der Waals surface area contributed by atoms with Crippen molar-refractivity contribution in [2.75, 3.05) is 122 Å². The second kappa shape index (κ2) is 84.5. The molecule has 0 aromatic rings. The van der Waals surface area contributed by atoms with Crippen LogP contribution in [0.5, 0.6) is 0 Å². The molecule has 192 valence electrons. The number of rotatable bonds is 12. The summed E-state index contributed by atoms with van der Waals surface area (Å²) in [6, 6.07) is 0. The fourth-order valence-electron chi connectivity index (χ4n) is 0.500. The Morgan fingerprint density at radius 2 is 0.438 bits per heavy atom. The summed E-state index contributed by atoms with van der Waals surface area (Å²) in [5.74, 6) is 0. The summed E-state index contributed by atoms with van der Waals surface area (Å²) in [5, 5.41) is 56.4. The standard InChI is InChI=1S/6C3H7O2.K.Nb/c6*1-5-3-2-4;;/h6*2-3H2,1H3;;/q6*-1;+1;+5. The third-order valence-corrected chi connectivity index (χ3v) is 1.72. The van der Waals surface area contributed by atoms with Crippen LogP contribution < -0.4 is 82.0 Å². The maximum absolute atomic E-state index is 9.40. The van der Waals surface area contributed by atoms with Crippen LogP contribution in [0.15, 0.2) is 0 Å². The monoisotopic (exact) mass is 582 g/mol. The molecule has 0 heterocycles. The molecular weight excluding hydrogens is 540 g/mol. The van der Waals surface area contributed by atoms with Crippen molar-refractivity contribution in [3.8, 4) is 0 Å².